The molecule has 1 aliphatic heterocycles. The lowest BCUT2D eigenvalue weighted by atomic mass is 9.96. The van der Waals surface area contributed by atoms with E-state index in [1.165, 1.54) is 0 Å². The molecule has 1 unspecified atom stereocenters. The zero-order chi connectivity index (χ0) is 17.5. The Kier molecular flexibility index (Phi) is 6.59. The van der Waals surface area contributed by atoms with E-state index in [-0.39, 0.29) is 24.3 Å². The molecular weight excluding hydrogens is 302 g/mol. The van der Waals surface area contributed by atoms with Gasteiger partial charge in [-0.25, -0.2) is 0 Å². The molecule has 1 amide bonds. The van der Waals surface area contributed by atoms with Crippen LogP contribution in [-0.2, 0) is 14.3 Å². The van der Waals surface area contributed by atoms with E-state index in [1.807, 2.05) is 37.3 Å². The minimum absolute atomic E-state index is 0.00185. The molecule has 1 aromatic rings. The molecule has 0 saturated heterocycles. The van der Waals surface area contributed by atoms with Crippen LogP contribution in [0.5, 0.6) is 0 Å². The Morgan fingerprint density at radius 3 is 2.50 bits per heavy atom. The van der Waals surface area contributed by atoms with E-state index in [1.54, 1.807) is 11.8 Å². The molecule has 1 heterocycles. The fourth-order valence-corrected chi connectivity index (χ4v) is 3.26. The molecule has 2 rings (SSSR count). The molecule has 0 radical (unpaired) electrons. The van der Waals surface area contributed by atoms with Crippen LogP contribution in [0.2, 0.25) is 0 Å². The number of carbonyl (C=O) groups is 2. The van der Waals surface area contributed by atoms with Gasteiger partial charge in [0.1, 0.15) is 0 Å². The summed E-state index contributed by atoms with van der Waals surface area (Å²) in [4.78, 5) is 26.7. The van der Waals surface area contributed by atoms with Crippen molar-refractivity contribution < 1.29 is 14.3 Å². The van der Waals surface area contributed by atoms with Crippen molar-refractivity contribution in [1.82, 2.24) is 0 Å². The van der Waals surface area contributed by atoms with Gasteiger partial charge in [-0.1, -0.05) is 38.0 Å². The first-order valence-electron chi connectivity index (χ1n) is 8.84. The van der Waals surface area contributed by atoms with Gasteiger partial charge < -0.3 is 9.64 Å². The Balaban J connectivity index is 2.29. The molecule has 0 aliphatic carbocycles. The predicted octanol–water partition coefficient (Wildman–Crippen LogP) is 4.25. The van der Waals surface area contributed by atoms with Crippen LogP contribution in [0.3, 0.4) is 0 Å². The van der Waals surface area contributed by atoms with E-state index in [2.05, 4.69) is 6.92 Å². The average Bonchev–Trinajstić information content (AvgIpc) is 2.80. The molecule has 1 atom stereocenters. The van der Waals surface area contributed by atoms with E-state index in [0.29, 0.717) is 6.61 Å². The molecule has 24 heavy (non-hydrogen) atoms. The minimum atomic E-state index is -0.251. The summed E-state index contributed by atoms with van der Waals surface area (Å²) in [5, 5.41) is 0. The fraction of sp³-hybridized carbons (Fsp3) is 0.500. The molecule has 130 valence electrons. The summed E-state index contributed by atoms with van der Waals surface area (Å²) in [6, 6.07) is 9.35. The number of hydrogen-bond acceptors (Lipinski definition) is 3. The van der Waals surface area contributed by atoms with Crippen LogP contribution in [0.15, 0.2) is 41.5 Å². The lowest BCUT2D eigenvalue weighted by Crippen LogP contribution is -2.37. The van der Waals surface area contributed by atoms with Crippen LogP contribution in [0.1, 0.15) is 52.9 Å². The normalized spacial score (nSPS) is 17.5. The van der Waals surface area contributed by atoms with Crippen LogP contribution in [-0.4, -0.2) is 24.5 Å². The fourth-order valence-electron chi connectivity index (χ4n) is 3.26. The molecule has 4 nitrogen and oxygen atoms in total. The van der Waals surface area contributed by atoms with Crippen molar-refractivity contribution in [2.24, 2.45) is 0 Å². The first kappa shape index (κ1) is 18.2. The third kappa shape index (κ3) is 4.05. The molecule has 0 bridgehead atoms. The Morgan fingerprint density at radius 2 is 1.88 bits per heavy atom. The van der Waals surface area contributed by atoms with Crippen molar-refractivity contribution in [3.05, 3.63) is 41.5 Å². The van der Waals surface area contributed by atoms with Gasteiger partial charge in [0.2, 0.25) is 0 Å². The second-order valence-corrected chi connectivity index (χ2v) is 6.14. The molecule has 0 saturated carbocycles. The number of rotatable bonds is 8. The van der Waals surface area contributed by atoms with Gasteiger partial charge in [-0.05, 0) is 44.4 Å². The smallest absolute Gasteiger partial charge is 0.308 e. The summed E-state index contributed by atoms with van der Waals surface area (Å²) in [5.74, 6) is -0.249. The molecule has 1 aromatic carbocycles. The van der Waals surface area contributed by atoms with Gasteiger partial charge >= 0.3 is 5.97 Å². The van der Waals surface area contributed by atoms with Gasteiger partial charge in [-0.2, -0.15) is 0 Å². The molecule has 0 spiro atoms. The van der Waals surface area contributed by atoms with Crippen molar-refractivity contribution in [3.63, 3.8) is 0 Å². The Morgan fingerprint density at radius 1 is 1.17 bits per heavy atom. The van der Waals surface area contributed by atoms with Gasteiger partial charge in [0, 0.05) is 11.3 Å². The second kappa shape index (κ2) is 8.67. The quantitative estimate of drug-likeness (QED) is 0.529. The lowest BCUT2D eigenvalue weighted by molar-refractivity contribution is -0.143. The first-order chi connectivity index (χ1) is 11.6. The Labute approximate surface area is 144 Å². The van der Waals surface area contributed by atoms with Crippen LogP contribution in [0.25, 0.3) is 0 Å². The van der Waals surface area contributed by atoms with Crippen LogP contribution < -0.4 is 4.90 Å². The molecule has 0 aromatic heterocycles. The summed E-state index contributed by atoms with van der Waals surface area (Å²) in [7, 11) is 0. The Hall–Kier alpha value is -2.10. The van der Waals surface area contributed by atoms with Crippen LogP contribution in [0.4, 0.5) is 5.69 Å². The number of carbonyl (C=O) groups excluding carboxylic acids is 2. The molecule has 0 fully saturated rings. The van der Waals surface area contributed by atoms with E-state index < -0.39 is 0 Å². The molecule has 0 N–H and O–H groups in total. The number of esters is 1. The standard InChI is InChI=1S/C20H27NO3/c1-4-6-8-13-17-15(3)20(23)21(16-11-9-7-10-12-16)18(17)14-19(22)24-5-2/h7,9-12,18H,4-6,8,13-14H2,1-3H3. The van der Waals surface area contributed by atoms with Crippen molar-refractivity contribution >= 4 is 17.6 Å². The first-order valence-corrected chi connectivity index (χ1v) is 8.84. The molecular formula is C20H27NO3. The number of hydrogen-bond donors (Lipinski definition) is 0. The van der Waals surface area contributed by atoms with E-state index in [0.717, 1.165) is 42.5 Å². The highest BCUT2D eigenvalue weighted by Gasteiger charge is 2.38. The maximum atomic E-state index is 12.8. The maximum absolute atomic E-state index is 12.8. The number of para-hydroxylation sites is 1. The van der Waals surface area contributed by atoms with Gasteiger partial charge in [-0.3, -0.25) is 9.59 Å². The van der Waals surface area contributed by atoms with E-state index in [4.69, 9.17) is 4.74 Å². The van der Waals surface area contributed by atoms with Gasteiger partial charge in [0.05, 0.1) is 19.1 Å². The summed E-state index contributed by atoms with van der Waals surface area (Å²) >= 11 is 0. The van der Waals surface area contributed by atoms with Gasteiger partial charge in [-0.15, -0.1) is 0 Å². The number of ether oxygens (including phenoxy) is 1. The van der Waals surface area contributed by atoms with Gasteiger partial charge in [0.15, 0.2) is 0 Å². The highest BCUT2D eigenvalue weighted by molar-refractivity contribution is 6.10. The van der Waals surface area contributed by atoms with Crippen molar-refractivity contribution in [3.8, 4) is 0 Å². The summed E-state index contributed by atoms with van der Waals surface area (Å²) < 4.78 is 5.13. The average molecular weight is 329 g/mol. The summed E-state index contributed by atoms with van der Waals surface area (Å²) in [5.41, 5.74) is 2.70. The van der Waals surface area contributed by atoms with Crippen LogP contribution >= 0.6 is 0 Å². The van der Waals surface area contributed by atoms with E-state index >= 15 is 0 Å². The third-order valence-electron chi connectivity index (χ3n) is 4.48. The summed E-state index contributed by atoms with van der Waals surface area (Å²) in [6.07, 6.45) is 4.37. The Bertz CT molecular complexity index is 607. The van der Waals surface area contributed by atoms with Crippen LogP contribution in [0, 0.1) is 0 Å². The number of unbranched alkanes of at least 4 members (excludes halogenated alkanes) is 2. The highest BCUT2D eigenvalue weighted by Crippen LogP contribution is 2.35. The second-order valence-electron chi connectivity index (χ2n) is 6.14. The number of anilines is 1. The topological polar surface area (TPSA) is 46.6 Å². The third-order valence-corrected chi connectivity index (χ3v) is 4.48. The largest absolute Gasteiger partial charge is 0.466 e. The SMILES string of the molecule is CCCCCC1=C(C)C(=O)N(c2ccccc2)C1CC(=O)OCC. The molecule has 4 heteroatoms. The van der Waals surface area contributed by atoms with E-state index in [9.17, 15) is 9.59 Å². The monoisotopic (exact) mass is 329 g/mol. The number of amides is 1. The van der Waals surface area contributed by atoms with Gasteiger partial charge in [0.25, 0.3) is 5.91 Å². The minimum Gasteiger partial charge on any atom is -0.466 e. The number of benzene rings is 1. The zero-order valence-electron chi connectivity index (χ0n) is 14.9. The highest BCUT2D eigenvalue weighted by atomic mass is 16.5. The van der Waals surface area contributed by atoms with Crippen molar-refractivity contribution in [2.75, 3.05) is 11.5 Å². The predicted molar refractivity (Wildman–Crippen MR) is 95.8 cm³/mol. The maximum Gasteiger partial charge on any atom is 0.308 e. The summed E-state index contributed by atoms with van der Waals surface area (Å²) in [6.45, 7) is 6.20. The lowest BCUT2D eigenvalue weighted by Gasteiger charge is -2.27. The zero-order valence-corrected chi connectivity index (χ0v) is 14.9. The van der Waals surface area contributed by atoms with Crippen molar-refractivity contribution in [1.29, 1.82) is 0 Å². The van der Waals surface area contributed by atoms with Crippen molar-refractivity contribution in [2.45, 2.75) is 58.9 Å². The molecule has 1 aliphatic rings. The number of nitrogens with zero attached hydrogens (tertiary/aromatic N) is 1.